The van der Waals surface area contributed by atoms with Gasteiger partial charge in [-0.2, -0.15) is 0 Å². The Morgan fingerprint density at radius 3 is 0.647 bits per heavy atom. The van der Waals surface area contributed by atoms with E-state index in [2.05, 4.69) is 69.3 Å². The van der Waals surface area contributed by atoms with Crippen LogP contribution in [0.25, 0.3) is 11.1 Å². The molecule has 372 valence electrons. The van der Waals surface area contributed by atoms with E-state index in [9.17, 15) is 0 Å². The van der Waals surface area contributed by atoms with Crippen molar-refractivity contribution in [2.24, 2.45) is 0 Å². The van der Waals surface area contributed by atoms with E-state index in [1.54, 1.807) is 21.3 Å². The van der Waals surface area contributed by atoms with Crippen molar-refractivity contribution in [3.05, 3.63) is 198 Å². The van der Waals surface area contributed by atoms with E-state index in [0.717, 1.165) is 57.8 Å². The van der Waals surface area contributed by atoms with Gasteiger partial charge in [0.1, 0.15) is 40.2 Å². The van der Waals surface area contributed by atoms with Crippen molar-refractivity contribution >= 4 is 0 Å². The summed E-state index contributed by atoms with van der Waals surface area (Å²) in [6.45, 7) is 34.2. The smallest absolute Gasteiger partial charge is 0.127 e. The number of rotatable bonds is 10. The summed E-state index contributed by atoms with van der Waals surface area (Å²) in [6.07, 6.45) is 0.898. The molecule has 0 saturated carbocycles. The first-order valence-corrected chi connectivity index (χ1v) is 24.9. The zero-order valence-corrected chi connectivity index (χ0v) is 45.9. The van der Waals surface area contributed by atoms with E-state index < -0.39 is 0 Å². The van der Waals surface area contributed by atoms with E-state index in [1.165, 1.54) is 27.8 Å². The number of hydrogen-bond acceptors (Lipinski definition) is 5. The predicted octanol–water partition coefficient (Wildman–Crippen LogP) is 20.0. The van der Waals surface area contributed by atoms with Crippen molar-refractivity contribution in [1.82, 2.24) is 0 Å². The van der Waals surface area contributed by atoms with Crippen LogP contribution in [0.15, 0.2) is 170 Å². The highest BCUT2D eigenvalue weighted by Gasteiger charge is 2.03. The summed E-state index contributed by atoms with van der Waals surface area (Å²) >= 11 is 0. The number of benzene rings is 7. The summed E-state index contributed by atoms with van der Waals surface area (Å²) < 4.78 is 27.0. The summed E-state index contributed by atoms with van der Waals surface area (Å²) in [5.41, 5.74) is 8.54. The van der Waals surface area contributed by atoms with Gasteiger partial charge in [-0.3, -0.25) is 0 Å². The quantitative estimate of drug-likeness (QED) is 0.137. The Morgan fingerprint density at radius 2 is 0.412 bits per heavy atom. The van der Waals surface area contributed by atoms with Gasteiger partial charge in [-0.15, -0.1) is 0 Å². The largest absolute Gasteiger partial charge is 0.497 e. The number of ether oxygens (including phenoxy) is 5. The Hall–Kier alpha value is -6.46. The topological polar surface area (TPSA) is 46.2 Å². The average molecular weight is 927 g/mol. The van der Waals surface area contributed by atoms with Crippen LogP contribution in [-0.2, 0) is 6.42 Å². The lowest BCUT2D eigenvalue weighted by molar-refractivity contribution is 0.414. The zero-order valence-electron chi connectivity index (χ0n) is 45.9. The fourth-order valence-electron chi connectivity index (χ4n) is 5.31. The number of methoxy groups -OCH3 is 3. The van der Waals surface area contributed by atoms with Gasteiger partial charge < -0.3 is 23.7 Å². The van der Waals surface area contributed by atoms with Crippen LogP contribution in [0, 0.1) is 20.8 Å². The van der Waals surface area contributed by atoms with Gasteiger partial charge in [-0.1, -0.05) is 199 Å². The molecule has 0 atom stereocenters. The SMILES string of the molecule is CC.CC.CC.CC.CC.CC.CC.COc1ccc(-c2ccc(Oc3ccc(C)cc3)cc2)cc1.COc1ccc(C)cc1.COc1ccc(Cc2ccc(Oc3ccc(C)cc3)cc2)cc1. The third kappa shape index (κ3) is 27.9. The minimum Gasteiger partial charge on any atom is -0.497 e. The van der Waals surface area contributed by atoms with Crippen LogP contribution in [-0.4, -0.2) is 21.3 Å². The number of hydrogen-bond donors (Lipinski definition) is 0. The molecular weight excluding hydrogens is 837 g/mol. The molecule has 0 aliphatic rings. The molecule has 0 unspecified atom stereocenters. The Bertz CT molecular complexity index is 2100. The first-order valence-electron chi connectivity index (χ1n) is 24.9. The van der Waals surface area contributed by atoms with E-state index in [1.807, 2.05) is 218 Å². The van der Waals surface area contributed by atoms with Crippen LogP contribution in [0.5, 0.6) is 40.2 Å². The summed E-state index contributed by atoms with van der Waals surface area (Å²) in [5.74, 6) is 6.06. The molecule has 7 rings (SSSR count). The van der Waals surface area contributed by atoms with Gasteiger partial charge in [-0.25, -0.2) is 0 Å². The fraction of sp³-hybridized carbons (Fsp3) is 0.333. The summed E-state index contributed by atoms with van der Waals surface area (Å²) in [5, 5.41) is 0. The second kappa shape index (κ2) is 44.4. The second-order valence-electron chi connectivity index (χ2n) is 12.8. The lowest BCUT2D eigenvalue weighted by Gasteiger charge is -2.08. The van der Waals surface area contributed by atoms with Gasteiger partial charge in [0, 0.05) is 0 Å². The molecule has 7 aromatic carbocycles. The van der Waals surface area contributed by atoms with E-state index in [0.29, 0.717) is 0 Å². The maximum absolute atomic E-state index is 5.85. The van der Waals surface area contributed by atoms with Crippen LogP contribution in [0.3, 0.4) is 0 Å². The molecule has 5 heteroatoms. The van der Waals surface area contributed by atoms with Crippen molar-refractivity contribution < 1.29 is 23.7 Å². The van der Waals surface area contributed by atoms with Crippen LogP contribution >= 0.6 is 0 Å². The van der Waals surface area contributed by atoms with Crippen molar-refractivity contribution in [3.8, 4) is 51.4 Å². The van der Waals surface area contributed by atoms with Crippen molar-refractivity contribution in [3.63, 3.8) is 0 Å². The highest BCUT2D eigenvalue weighted by molar-refractivity contribution is 5.65. The fourth-order valence-corrected chi connectivity index (χ4v) is 5.31. The van der Waals surface area contributed by atoms with Crippen LogP contribution < -0.4 is 23.7 Å². The molecule has 0 spiro atoms. The Kier molecular flexibility index (Phi) is 43.0. The molecule has 7 aromatic rings. The van der Waals surface area contributed by atoms with Crippen molar-refractivity contribution in [2.75, 3.05) is 21.3 Å². The van der Waals surface area contributed by atoms with Gasteiger partial charge in [0.2, 0.25) is 0 Å². The van der Waals surface area contributed by atoms with Gasteiger partial charge >= 0.3 is 0 Å². The van der Waals surface area contributed by atoms with Gasteiger partial charge in [0.25, 0.3) is 0 Å². The van der Waals surface area contributed by atoms with Gasteiger partial charge in [0.15, 0.2) is 0 Å². The Balaban J connectivity index is -0.000000868. The summed E-state index contributed by atoms with van der Waals surface area (Å²) in [4.78, 5) is 0. The highest BCUT2D eigenvalue weighted by Crippen LogP contribution is 2.28. The Morgan fingerprint density at radius 1 is 0.235 bits per heavy atom. The van der Waals surface area contributed by atoms with Crippen LogP contribution in [0.4, 0.5) is 0 Å². The number of aryl methyl sites for hydroxylation is 3. The zero-order chi connectivity index (χ0) is 52.1. The molecule has 0 saturated heterocycles. The van der Waals surface area contributed by atoms with E-state index in [4.69, 9.17) is 23.7 Å². The molecular formula is C63H90O5. The standard InChI is InChI=1S/C21H20O2.C20H18O2.C8H10O.7C2H6/c1-16-3-9-20(10-4-16)23-21-13-7-18(8-14-21)15-17-5-11-19(22-2)12-6-17;1-15-3-9-19(10-4-15)22-20-13-7-17(8-14-20)16-5-11-18(21-2)12-6-16;1-7-3-5-8(9-2)6-4-7;7*1-2/h3-14H,15H2,1-2H3;3-14H,1-2H3;3-6H,1-2H3;7*1-2H3. The van der Waals surface area contributed by atoms with Gasteiger partial charge in [-0.05, 0) is 134 Å². The maximum atomic E-state index is 5.85. The summed E-state index contributed by atoms with van der Waals surface area (Å²) in [7, 11) is 5.03. The molecule has 0 heterocycles. The van der Waals surface area contributed by atoms with Crippen LogP contribution in [0.2, 0.25) is 0 Å². The molecule has 5 nitrogen and oxygen atoms in total. The van der Waals surface area contributed by atoms with Gasteiger partial charge in [0.05, 0.1) is 21.3 Å². The molecule has 0 bridgehead atoms. The Labute approximate surface area is 416 Å². The summed E-state index contributed by atoms with van der Waals surface area (Å²) in [6, 6.07) is 56.6. The molecule has 68 heavy (non-hydrogen) atoms. The first-order chi connectivity index (χ1) is 33.3. The lowest BCUT2D eigenvalue weighted by atomic mass is 10.0. The predicted molar refractivity (Wildman–Crippen MR) is 300 cm³/mol. The van der Waals surface area contributed by atoms with Crippen LogP contribution in [0.1, 0.15) is 125 Å². The third-order valence-electron chi connectivity index (χ3n) is 8.54. The van der Waals surface area contributed by atoms with Crippen molar-refractivity contribution in [2.45, 2.75) is 124 Å². The normalized spacial score (nSPS) is 8.65. The molecule has 0 N–H and O–H groups in total. The molecule has 0 fully saturated rings. The maximum Gasteiger partial charge on any atom is 0.127 e. The first kappa shape index (κ1) is 65.8. The minimum absolute atomic E-state index is 0.834. The molecule has 0 aliphatic carbocycles. The second-order valence-corrected chi connectivity index (χ2v) is 12.8. The molecule has 0 aliphatic heterocycles. The minimum atomic E-state index is 0.834. The lowest BCUT2D eigenvalue weighted by Crippen LogP contribution is -1.90. The monoisotopic (exact) mass is 927 g/mol. The molecule has 0 aromatic heterocycles. The highest BCUT2D eigenvalue weighted by atomic mass is 16.5. The van der Waals surface area contributed by atoms with E-state index in [-0.39, 0.29) is 0 Å². The molecule has 0 radical (unpaired) electrons. The average Bonchev–Trinajstić information content (AvgIpc) is 3.43. The molecule has 0 amide bonds. The van der Waals surface area contributed by atoms with Crippen molar-refractivity contribution in [1.29, 1.82) is 0 Å². The third-order valence-corrected chi connectivity index (χ3v) is 8.54. The van der Waals surface area contributed by atoms with E-state index >= 15 is 0 Å².